The molecule has 0 spiro atoms. The lowest BCUT2D eigenvalue weighted by molar-refractivity contribution is 0.102. The fourth-order valence-electron chi connectivity index (χ4n) is 1.48. The summed E-state index contributed by atoms with van der Waals surface area (Å²) in [6.45, 7) is 0. The van der Waals surface area contributed by atoms with Crippen LogP contribution in [-0.4, -0.2) is 37.4 Å². The van der Waals surface area contributed by atoms with Gasteiger partial charge in [-0.3, -0.25) is 4.79 Å². The van der Waals surface area contributed by atoms with Crippen LogP contribution in [0.4, 0.5) is 10.8 Å². The molecule has 0 fully saturated rings. The number of ether oxygens (including phenoxy) is 2. The monoisotopic (exact) mass is 294 g/mol. The average Bonchev–Trinajstić information content (AvgIpc) is 2.95. The predicted octanol–water partition coefficient (Wildman–Crippen LogP) is 1.85. The van der Waals surface area contributed by atoms with Gasteiger partial charge in [-0.15, -0.1) is 10.2 Å². The van der Waals surface area contributed by atoms with Crippen LogP contribution in [0.1, 0.15) is 9.80 Å². The second-order valence-corrected chi connectivity index (χ2v) is 4.70. The zero-order chi connectivity index (χ0) is 14.5. The molecule has 8 heteroatoms. The van der Waals surface area contributed by atoms with E-state index in [0.717, 1.165) is 0 Å². The zero-order valence-corrected chi connectivity index (χ0v) is 12.1. The minimum absolute atomic E-state index is 0.274. The minimum Gasteiger partial charge on any atom is -0.497 e. The number of anilines is 2. The number of hydrogen-bond acceptors (Lipinski definition) is 7. The van der Waals surface area contributed by atoms with Gasteiger partial charge < -0.3 is 20.1 Å². The smallest absolute Gasteiger partial charge is 0.286 e. The molecule has 0 unspecified atom stereocenters. The van der Waals surface area contributed by atoms with Crippen LogP contribution in [-0.2, 0) is 0 Å². The third-order valence-corrected chi connectivity index (χ3v) is 3.38. The zero-order valence-electron chi connectivity index (χ0n) is 11.3. The summed E-state index contributed by atoms with van der Waals surface area (Å²) in [5, 5.41) is 14.0. The predicted molar refractivity (Wildman–Crippen MR) is 77.0 cm³/mol. The quantitative estimate of drug-likeness (QED) is 0.875. The van der Waals surface area contributed by atoms with Gasteiger partial charge in [-0.05, 0) is 0 Å². The van der Waals surface area contributed by atoms with Gasteiger partial charge in [-0.1, -0.05) is 11.3 Å². The number of rotatable bonds is 5. The van der Waals surface area contributed by atoms with Gasteiger partial charge in [0, 0.05) is 30.9 Å². The summed E-state index contributed by atoms with van der Waals surface area (Å²) in [6, 6.07) is 5.11. The third-order valence-electron chi connectivity index (χ3n) is 2.44. The van der Waals surface area contributed by atoms with Crippen molar-refractivity contribution in [2.24, 2.45) is 0 Å². The maximum absolute atomic E-state index is 12.0. The Kier molecular flexibility index (Phi) is 4.36. The van der Waals surface area contributed by atoms with Gasteiger partial charge >= 0.3 is 0 Å². The molecule has 7 nitrogen and oxygen atoms in total. The van der Waals surface area contributed by atoms with E-state index in [4.69, 9.17) is 9.47 Å². The molecular weight excluding hydrogens is 280 g/mol. The number of benzene rings is 1. The molecule has 0 bridgehead atoms. The maximum Gasteiger partial charge on any atom is 0.286 e. The van der Waals surface area contributed by atoms with Gasteiger partial charge in [0.25, 0.3) is 5.91 Å². The number of hydrogen-bond donors (Lipinski definition) is 2. The normalized spacial score (nSPS) is 9.95. The molecule has 0 aliphatic carbocycles. The first-order chi connectivity index (χ1) is 9.66. The van der Waals surface area contributed by atoms with Gasteiger partial charge in [0.15, 0.2) is 0 Å². The highest BCUT2D eigenvalue weighted by Crippen LogP contribution is 2.26. The van der Waals surface area contributed by atoms with Crippen molar-refractivity contribution in [1.29, 1.82) is 0 Å². The summed E-state index contributed by atoms with van der Waals surface area (Å²) in [5.41, 5.74) is 0.562. The van der Waals surface area contributed by atoms with E-state index in [1.165, 1.54) is 11.3 Å². The fraction of sp³-hybridized carbons (Fsp3) is 0.250. The summed E-state index contributed by atoms with van der Waals surface area (Å²) in [4.78, 5) is 12.0. The summed E-state index contributed by atoms with van der Waals surface area (Å²) in [5.74, 6) is 0.847. The first-order valence-electron chi connectivity index (χ1n) is 5.72. The van der Waals surface area contributed by atoms with Crippen molar-refractivity contribution >= 4 is 28.1 Å². The summed E-state index contributed by atoms with van der Waals surface area (Å²) >= 11 is 1.17. The van der Waals surface area contributed by atoms with Crippen LogP contribution < -0.4 is 20.1 Å². The average molecular weight is 294 g/mol. The molecule has 0 aliphatic rings. The van der Waals surface area contributed by atoms with Gasteiger partial charge in [0.05, 0.1) is 14.2 Å². The van der Waals surface area contributed by atoms with E-state index in [-0.39, 0.29) is 10.9 Å². The Balaban J connectivity index is 2.18. The van der Waals surface area contributed by atoms with E-state index < -0.39 is 0 Å². The van der Waals surface area contributed by atoms with E-state index in [1.807, 2.05) is 0 Å². The molecule has 0 saturated carbocycles. The molecule has 2 N–H and O–H groups in total. The first kappa shape index (κ1) is 14.1. The van der Waals surface area contributed by atoms with Crippen LogP contribution in [0.15, 0.2) is 18.2 Å². The molecule has 1 heterocycles. The fourth-order valence-corrected chi connectivity index (χ4v) is 2.07. The Morgan fingerprint density at radius 1 is 1.15 bits per heavy atom. The lowest BCUT2D eigenvalue weighted by Gasteiger charge is -2.08. The van der Waals surface area contributed by atoms with Crippen LogP contribution in [0.5, 0.6) is 11.5 Å². The third kappa shape index (κ3) is 3.15. The standard InChI is InChI=1S/C12H14N4O3S/c1-13-12-16-15-11(20-12)10(17)14-7-4-8(18-2)6-9(5-7)19-3/h4-6H,1-3H3,(H,13,16)(H,14,17). The van der Waals surface area contributed by atoms with Crippen LogP contribution in [0, 0.1) is 0 Å². The lowest BCUT2D eigenvalue weighted by Crippen LogP contribution is -2.11. The highest BCUT2D eigenvalue weighted by atomic mass is 32.1. The number of carbonyl (C=O) groups is 1. The maximum atomic E-state index is 12.0. The Labute approximate surface area is 119 Å². The number of nitrogens with zero attached hydrogens (tertiary/aromatic N) is 2. The van der Waals surface area contributed by atoms with Gasteiger partial charge in [0.2, 0.25) is 10.1 Å². The van der Waals surface area contributed by atoms with Crippen LogP contribution in [0.2, 0.25) is 0 Å². The second-order valence-electron chi connectivity index (χ2n) is 3.72. The van der Waals surface area contributed by atoms with Gasteiger partial charge in [-0.25, -0.2) is 0 Å². The summed E-state index contributed by atoms with van der Waals surface area (Å²) < 4.78 is 10.3. The molecule has 2 rings (SSSR count). The molecule has 0 saturated heterocycles. The van der Waals surface area contributed by atoms with E-state index in [0.29, 0.717) is 22.3 Å². The van der Waals surface area contributed by atoms with Gasteiger partial charge in [-0.2, -0.15) is 0 Å². The lowest BCUT2D eigenvalue weighted by atomic mass is 10.2. The molecule has 0 radical (unpaired) electrons. The van der Waals surface area contributed by atoms with Crippen molar-refractivity contribution in [1.82, 2.24) is 10.2 Å². The Morgan fingerprint density at radius 3 is 2.30 bits per heavy atom. The van der Waals surface area contributed by atoms with E-state index >= 15 is 0 Å². The van der Waals surface area contributed by atoms with Crippen molar-refractivity contribution in [2.75, 3.05) is 31.9 Å². The Hall–Kier alpha value is -2.35. The number of nitrogens with one attached hydrogen (secondary N) is 2. The number of aromatic nitrogens is 2. The van der Waals surface area contributed by atoms with Crippen molar-refractivity contribution in [2.45, 2.75) is 0 Å². The van der Waals surface area contributed by atoms with Crippen LogP contribution in [0.3, 0.4) is 0 Å². The molecule has 106 valence electrons. The molecule has 1 amide bonds. The minimum atomic E-state index is -0.334. The molecular formula is C12H14N4O3S. The summed E-state index contributed by atoms with van der Waals surface area (Å²) in [7, 11) is 4.81. The van der Waals surface area contributed by atoms with Crippen molar-refractivity contribution < 1.29 is 14.3 Å². The number of methoxy groups -OCH3 is 2. The largest absolute Gasteiger partial charge is 0.497 e. The second kappa shape index (κ2) is 6.20. The van der Waals surface area contributed by atoms with E-state index in [2.05, 4.69) is 20.8 Å². The molecule has 2 aromatic rings. The van der Waals surface area contributed by atoms with Crippen LogP contribution in [0.25, 0.3) is 0 Å². The topological polar surface area (TPSA) is 85.4 Å². The van der Waals surface area contributed by atoms with Gasteiger partial charge in [0.1, 0.15) is 11.5 Å². The van der Waals surface area contributed by atoms with E-state index in [1.54, 1.807) is 39.5 Å². The highest BCUT2D eigenvalue weighted by molar-refractivity contribution is 7.17. The SMILES string of the molecule is CNc1nnc(C(=O)Nc2cc(OC)cc(OC)c2)s1. The summed E-state index contributed by atoms with van der Waals surface area (Å²) in [6.07, 6.45) is 0. The molecule has 20 heavy (non-hydrogen) atoms. The highest BCUT2D eigenvalue weighted by Gasteiger charge is 2.13. The molecule has 0 atom stereocenters. The molecule has 1 aromatic heterocycles. The van der Waals surface area contributed by atoms with Crippen LogP contribution >= 0.6 is 11.3 Å². The van der Waals surface area contributed by atoms with Crippen molar-refractivity contribution in [3.8, 4) is 11.5 Å². The first-order valence-corrected chi connectivity index (χ1v) is 6.53. The Bertz CT molecular complexity index is 592. The van der Waals surface area contributed by atoms with Crippen molar-refractivity contribution in [3.63, 3.8) is 0 Å². The Morgan fingerprint density at radius 2 is 1.80 bits per heavy atom. The number of carbonyl (C=O) groups excluding carboxylic acids is 1. The van der Waals surface area contributed by atoms with E-state index in [9.17, 15) is 4.79 Å². The molecule has 1 aromatic carbocycles. The molecule has 0 aliphatic heterocycles. The number of amides is 1. The van der Waals surface area contributed by atoms with Crippen molar-refractivity contribution in [3.05, 3.63) is 23.2 Å².